The average molecular weight is 524 g/mol. The number of nitrogens with two attached hydrogens (primary N) is 1. The Morgan fingerprint density at radius 3 is 2.24 bits per heavy atom. The molecule has 29 heavy (non-hydrogen) atoms. The maximum Gasteiger partial charge on any atom is 0.220 e. The van der Waals surface area contributed by atoms with E-state index < -0.39 is 0 Å². The van der Waals surface area contributed by atoms with Crippen LogP contribution in [0, 0.1) is 5.92 Å². The van der Waals surface area contributed by atoms with E-state index in [0.717, 1.165) is 64.5 Å². The van der Waals surface area contributed by atoms with E-state index in [9.17, 15) is 4.79 Å². The Balaban J connectivity index is 0.00000784. The van der Waals surface area contributed by atoms with Gasteiger partial charge in [0, 0.05) is 25.6 Å². The first-order valence-corrected chi connectivity index (χ1v) is 11.7. The van der Waals surface area contributed by atoms with Crippen molar-refractivity contribution >= 4 is 35.8 Å². The lowest BCUT2D eigenvalue weighted by Crippen LogP contribution is -2.39. The Hall–Kier alpha value is -0.570. The van der Waals surface area contributed by atoms with Gasteiger partial charge in [-0.15, -0.1) is 24.0 Å². The molecule has 7 heteroatoms. The molecule has 0 aromatic carbocycles. The summed E-state index contributed by atoms with van der Waals surface area (Å²) in [6.07, 6.45) is 13.4. The van der Waals surface area contributed by atoms with Crippen molar-refractivity contribution in [3.05, 3.63) is 0 Å². The van der Waals surface area contributed by atoms with Crippen molar-refractivity contribution in [3.63, 3.8) is 0 Å². The number of primary amides is 1. The lowest BCUT2D eigenvalue weighted by molar-refractivity contribution is -0.123. The fraction of sp³-hybridized carbons (Fsp3) is 0.909. The van der Waals surface area contributed by atoms with E-state index >= 15 is 0 Å². The second kappa shape index (κ2) is 19.4. The lowest BCUT2D eigenvalue weighted by Gasteiger charge is -2.30. The maximum absolute atomic E-state index is 11.2. The van der Waals surface area contributed by atoms with E-state index in [1.807, 2.05) is 0 Å². The van der Waals surface area contributed by atoms with Crippen LogP contribution in [0.3, 0.4) is 0 Å². The van der Waals surface area contributed by atoms with E-state index in [0.29, 0.717) is 0 Å². The summed E-state index contributed by atoms with van der Waals surface area (Å²) in [4.78, 5) is 18.4. The number of unbranched alkanes of at least 4 members (excludes halogenated alkanes) is 7. The number of rotatable bonds is 15. The topological polar surface area (TPSA) is 82.8 Å². The summed E-state index contributed by atoms with van der Waals surface area (Å²) >= 11 is 0. The van der Waals surface area contributed by atoms with Crippen molar-refractivity contribution in [1.29, 1.82) is 0 Å². The van der Waals surface area contributed by atoms with Crippen LogP contribution in [-0.4, -0.2) is 56.0 Å². The lowest BCUT2D eigenvalue weighted by atomic mass is 9.96. The quantitative estimate of drug-likeness (QED) is 0.132. The summed E-state index contributed by atoms with van der Waals surface area (Å²) in [5.74, 6) is 0.916. The van der Waals surface area contributed by atoms with Crippen LogP contribution in [-0.2, 0) is 4.79 Å². The summed E-state index contributed by atoms with van der Waals surface area (Å²) < 4.78 is 0. The Labute approximate surface area is 196 Å². The molecule has 1 fully saturated rings. The molecule has 0 spiro atoms. The molecule has 0 unspecified atom stereocenters. The molecule has 1 rings (SSSR count). The molecule has 1 amide bonds. The number of nitrogens with one attached hydrogen (secondary N) is 2. The highest BCUT2D eigenvalue weighted by molar-refractivity contribution is 14.0. The van der Waals surface area contributed by atoms with Crippen molar-refractivity contribution in [1.82, 2.24) is 15.5 Å². The molecular weight excluding hydrogens is 477 g/mol. The first-order valence-electron chi connectivity index (χ1n) is 11.7. The van der Waals surface area contributed by atoms with Crippen molar-refractivity contribution in [2.24, 2.45) is 16.6 Å². The first-order chi connectivity index (χ1) is 13.7. The molecule has 6 nitrogen and oxygen atoms in total. The fourth-order valence-electron chi connectivity index (χ4n) is 3.71. The molecule has 172 valence electrons. The zero-order valence-corrected chi connectivity index (χ0v) is 21.2. The van der Waals surface area contributed by atoms with Crippen LogP contribution >= 0.6 is 24.0 Å². The van der Waals surface area contributed by atoms with Gasteiger partial charge in [0.15, 0.2) is 5.96 Å². The van der Waals surface area contributed by atoms with Crippen LogP contribution in [0.4, 0.5) is 0 Å². The molecule has 4 N–H and O–H groups in total. The van der Waals surface area contributed by atoms with E-state index in [-0.39, 0.29) is 35.8 Å². The second-order valence-electron chi connectivity index (χ2n) is 8.03. The molecule has 0 saturated carbocycles. The number of aliphatic imine (C=N–C) groups is 1. The average Bonchev–Trinajstić information content (AvgIpc) is 2.70. The number of likely N-dealkylation sites (tertiary alicyclic amines) is 1. The number of nitrogens with zero attached hydrogens (tertiary/aromatic N) is 2. The smallest absolute Gasteiger partial charge is 0.220 e. The predicted molar refractivity (Wildman–Crippen MR) is 135 cm³/mol. The number of amides is 1. The Morgan fingerprint density at radius 1 is 0.966 bits per heavy atom. The third-order valence-electron chi connectivity index (χ3n) is 5.56. The van der Waals surface area contributed by atoms with Gasteiger partial charge in [0.25, 0.3) is 0 Å². The van der Waals surface area contributed by atoms with Gasteiger partial charge in [-0.1, -0.05) is 45.4 Å². The van der Waals surface area contributed by atoms with Gasteiger partial charge in [-0.05, 0) is 58.7 Å². The standard InChI is InChI=1S/C22H45N5O.HI/c1-3-5-6-7-8-9-10-15-25-22(24-4-2)26-16-11-12-17-27-18-13-20(14-19-27)21(23)28;/h20H,3-19H2,1-2H3,(H2,23,28)(H2,24,25,26);1H. The van der Waals surface area contributed by atoms with Crippen molar-refractivity contribution < 1.29 is 4.79 Å². The van der Waals surface area contributed by atoms with Gasteiger partial charge >= 0.3 is 0 Å². The number of guanidine groups is 1. The Morgan fingerprint density at radius 2 is 1.62 bits per heavy atom. The minimum Gasteiger partial charge on any atom is -0.369 e. The second-order valence-corrected chi connectivity index (χ2v) is 8.03. The molecule has 0 aromatic heterocycles. The maximum atomic E-state index is 11.2. The van der Waals surface area contributed by atoms with Crippen LogP contribution in [0.2, 0.25) is 0 Å². The Bertz CT molecular complexity index is 425. The van der Waals surface area contributed by atoms with Crippen LogP contribution in [0.1, 0.15) is 84.5 Å². The van der Waals surface area contributed by atoms with Crippen LogP contribution in [0.25, 0.3) is 0 Å². The van der Waals surface area contributed by atoms with Gasteiger partial charge in [0.2, 0.25) is 5.91 Å². The fourth-order valence-corrected chi connectivity index (χ4v) is 3.71. The van der Waals surface area contributed by atoms with Gasteiger partial charge in [0.05, 0.1) is 0 Å². The van der Waals surface area contributed by atoms with Gasteiger partial charge in [0.1, 0.15) is 0 Å². The van der Waals surface area contributed by atoms with E-state index in [1.165, 1.54) is 51.4 Å². The van der Waals surface area contributed by atoms with E-state index in [2.05, 4.69) is 29.4 Å². The monoisotopic (exact) mass is 523 g/mol. The normalized spacial score (nSPS) is 15.7. The van der Waals surface area contributed by atoms with Crippen molar-refractivity contribution in [2.75, 3.05) is 39.3 Å². The van der Waals surface area contributed by atoms with Gasteiger partial charge in [-0.2, -0.15) is 0 Å². The molecule has 1 heterocycles. The summed E-state index contributed by atoms with van der Waals surface area (Å²) in [5.41, 5.74) is 5.40. The summed E-state index contributed by atoms with van der Waals surface area (Å²) in [6, 6.07) is 0. The summed E-state index contributed by atoms with van der Waals surface area (Å²) in [7, 11) is 0. The third-order valence-corrected chi connectivity index (χ3v) is 5.56. The zero-order valence-electron chi connectivity index (χ0n) is 18.9. The molecule has 1 saturated heterocycles. The first kappa shape index (κ1) is 28.4. The number of hydrogen-bond acceptors (Lipinski definition) is 3. The number of carbonyl (C=O) groups excluding carboxylic acids is 1. The highest BCUT2D eigenvalue weighted by atomic mass is 127. The third kappa shape index (κ3) is 15.0. The number of piperidine rings is 1. The number of carbonyl (C=O) groups is 1. The molecule has 0 aliphatic carbocycles. The SMILES string of the molecule is CCCCCCCCCN=C(NCC)NCCCCN1CCC(C(N)=O)CC1.I. The van der Waals surface area contributed by atoms with Crippen LogP contribution in [0.5, 0.6) is 0 Å². The van der Waals surface area contributed by atoms with Crippen molar-refractivity contribution in [3.8, 4) is 0 Å². The van der Waals surface area contributed by atoms with Crippen molar-refractivity contribution in [2.45, 2.75) is 84.5 Å². The highest BCUT2D eigenvalue weighted by Gasteiger charge is 2.22. The molecule has 0 bridgehead atoms. The minimum atomic E-state index is -0.129. The molecule has 0 atom stereocenters. The predicted octanol–water partition coefficient (Wildman–Crippen LogP) is 3.89. The van der Waals surface area contributed by atoms with Gasteiger partial charge in [-0.25, -0.2) is 0 Å². The zero-order chi connectivity index (χ0) is 20.5. The van der Waals surface area contributed by atoms with Crippen LogP contribution in [0.15, 0.2) is 4.99 Å². The summed E-state index contributed by atoms with van der Waals surface area (Å²) in [6.45, 7) is 10.3. The number of hydrogen-bond donors (Lipinski definition) is 3. The summed E-state index contributed by atoms with van der Waals surface area (Å²) in [5, 5.41) is 6.80. The minimum absolute atomic E-state index is 0. The Kier molecular flexibility index (Phi) is 19.0. The molecule has 1 aliphatic rings. The van der Waals surface area contributed by atoms with E-state index in [4.69, 9.17) is 10.7 Å². The molecule has 1 aliphatic heterocycles. The molecule has 0 aromatic rings. The number of halogens is 1. The van der Waals surface area contributed by atoms with Gasteiger partial charge < -0.3 is 21.3 Å². The van der Waals surface area contributed by atoms with E-state index in [1.54, 1.807) is 0 Å². The highest BCUT2D eigenvalue weighted by Crippen LogP contribution is 2.16. The molecular formula is C22H46IN5O. The largest absolute Gasteiger partial charge is 0.369 e. The van der Waals surface area contributed by atoms with Gasteiger partial charge in [-0.3, -0.25) is 9.79 Å². The molecule has 0 radical (unpaired) electrons. The van der Waals surface area contributed by atoms with Crippen LogP contribution < -0.4 is 16.4 Å².